The lowest BCUT2D eigenvalue weighted by atomic mass is 10.2. The van der Waals surface area contributed by atoms with Gasteiger partial charge in [0.1, 0.15) is 5.75 Å². The molecule has 4 heteroatoms. The van der Waals surface area contributed by atoms with Gasteiger partial charge in [0, 0.05) is 12.9 Å². The summed E-state index contributed by atoms with van der Waals surface area (Å²) in [6.45, 7) is 0. The van der Waals surface area contributed by atoms with Crippen LogP contribution in [0.1, 0.15) is 5.56 Å². The average molecular weight is 200 g/mol. The zero-order chi connectivity index (χ0) is 9.68. The van der Waals surface area contributed by atoms with Crippen molar-refractivity contribution in [2.45, 2.75) is 5.88 Å². The van der Waals surface area contributed by atoms with Crippen LogP contribution in [0, 0.1) is 0 Å². The van der Waals surface area contributed by atoms with E-state index in [0.717, 1.165) is 5.56 Å². The number of rotatable bonds is 2. The predicted molar refractivity (Wildman–Crippen MR) is 51.1 cm³/mol. The van der Waals surface area contributed by atoms with Gasteiger partial charge in [0.25, 0.3) is 0 Å². The number of amides is 1. The van der Waals surface area contributed by atoms with Gasteiger partial charge in [-0.1, -0.05) is 12.1 Å². The van der Waals surface area contributed by atoms with Crippen molar-refractivity contribution in [3.8, 4) is 5.75 Å². The molecular formula is C9H10ClNO2. The lowest BCUT2D eigenvalue weighted by Crippen LogP contribution is -2.22. The van der Waals surface area contributed by atoms with Gasteiger partial charge in [-0.2, -0.15) is 0 Å². The zero-order valence-corrected chi connectivity index (χ0v) is 7.97. The molecule has 1 amide bonds. The van der Waals surface area contributed by atoms with Crippen molar-refractivity contribution in [2.24, 2.45) is 0 Å². The topological polar surface area (TPSA) is 38.3 Å². The lowest BCUT2D eigenvalue weighted by Gasteiger charge is -2.03. The highest BCUT2D eigenvalue weighted by Gasteiger charge is 2.00. The smallest absolute Gasteiger partial charge is 0.410 e. The number of benzene rings is 1. The third-order valence-electron chi connectivity index (χ3n) is 1.47. The predicted octanol–water partition coefficient (Wildman–Crippen LogP) is 2.14. The fourth-order valence-electron chi connectivity index (χ4n) is 0.850. The van der Waals surface area contributed by atoms with Crippen molar-refractivity contribution in [1.82, 2.24) is 5.32 Å². The second kappa shape index (κ2) is 4.72. The van der Waals surface area contributed by atoms with Gasteiger partial charge in [0.15, 0.2) is 0 Å². The Balaban J connectivity index is 2.71. The highest BCUT2D eigenvalue weighted by Crippen LogP contribution is 2.14. The molecular weight excluding hydrogens is 190 g/mol. The summed E-state index contributed by atoms with van der Waals surface area (Å²) in [6, 6.07) is 7.08. The van der Waals surface area contributed by atoms with E-state index in [2.05, 4.69) is 5.32 Å². The minimum absolute atomic E-state index is 0.408. The van der Waals surface area contributed by atoms with Crippen LogP contribution in [0.4, 0.5) is 4.79 Å². The van der Waals surface area contributed by atoms with Crippen LogP contribution in [0.3, 0.4) is 0 Å². The zero-order valence-electron chi connectivity index (χ0n) is 7.21. The van der Waals surface area contributed by atoms with Gasteiger partial charge in [-0.3, -0.25) is 0 Å². The summed E-state index contributed by atoms with van der Waals surface area (Å²) in [6.07, 6.45) is -0.480. The van der Waals surface area contributed by atoms with Crippen molar-refractivity contribution in [1.29, 1.82) is 0 Å². The standard InChI is InChI=1S/C9H10ClNO2/c1-11-9(12)13-8-4-2-3-7(5-8)6-10/h2-5H,6H2,1H3,(H,11,12). The van der Waals surface area contributed by atoms with Crippen LogP contribution < -0.4 is 10.1 Å². The Morgan fingerprint density at radius 2 is 2.38 bits per heavy atom. The summed E-state index contributed by atoms with van der Waals surface area (Å²) in [7, 11) is 1.51. The van der Waals surface area contributed by atoms with E-state index >= 15 is 0 Å². The Hall–Kier alpha value is -1.22. The first-order valence-corrected chi connectivity index (χ1v) is 4.34. The van der Waals surface area contributed by atoms with Gasteiger partial charge in [0.05, 0.1) is 0 Å². The molecule has 0 bridgehead atoms. The molecule has 70 valence electrons. The third kappa shape index (κ3) is 2.95. The first-order valence-electron chi connectivity index (χ1n) is 3.80. The van der Waals surface area contributed by atoms with Gasteiger partial charge in [0.2, 0.25) is 0 Å². The molecule has 3 nitrogen and oxygen atoms in total. The molecule has 13 heavy (non-hydrogen) atoms. The number of carbonyl (C=O) groups excluding carboxylic acids is 1. The molecule has 0 aliphatic rings. The van der Waals surface area contributed by atoms with E-state index in [0.29, 0.717) is 11.6 Å². The fourth-order valence-corrected chi connectivity index (χ4v) is 1.02. The fraction of sp³-hybridized carbons (Fsp3) is 0.222. The Morgan fingerprint density at radius 1 is 1.62 bits per heavy atom. The second-order valence-corrected chi connectivity index (χ2v) is 2.69. The number of carbonyl (C=O) groups is 1. The van der Waals surface area contributed by atoms with Crippen LogP contribution in [0.15, 0.2) is 24.3 Å². The Bertz CT molecular complexity index is 301. The minimum Gasteiger partial charge on any atom is -0.410 e. The number of nitrogens with one attached hydrogen (secondary N) is 1. The minimum atomic E-state index is -0.480. The maximum absolute atomic E-state index is 10.8. The summed E-state index contributed by atoms with van der Waals surface area (Å²) in [4.78, 5) is 10.8. The van der Waals surface area contributed by atoms with Crippen LogP contribution in [-0.4, -0.2) is 13.1 Å². The van der Waals surface area contributed by atoms with Gasteiger partial charge in [-0.25, -0.2) is 4.79 Å². The molecule has 0 radical (unpaired) electrons. The molecule has 1 aromatic rings. The maximum atomic E-state index is 10.8. The normalized spacial score (nSPS) is 9.38. The summed E-state index contributed by atoms with van der Waals surface area (Å²) < 4.78 is 4.90. The van der Waals surface area contributed by atoms with Crippen molar-refractivity contribution in [3.63, 3.8) is 0 Å². The lowest BCUT2D eigenvalue weighted by molar-refractivity contribution is 0.203. The molecule has 1 rings (SSSR count). The molecule has 1 aromatic carbocycles. The summed E-state index contributed by atoms with van der Waals surface area (Å²) in [5, 5.41) is 2.36. The van der Waals surface area contributed by atoms with Gasteiger partial charge in [-0.15, -0.1) is 11.6 Å². The van der Waals surface area contributed by atoms with Crippen molar-refractivity contribution in [2.75, 3.05) is 7.05 Å². The van der Waals surface area contributed by atoms with Crippen molar-refractivity contribution < 1.29 is 9.53 Å². The van der Waals surface area contributed by atoms with E-state index in [4.69, 9.17) is 16.3 Å². The number of ether oxygens (including phenoxy) is 1. The molecule has 0 aliphatic carbocycles. The van der Waals surface area contributed by atoms with E-state index in [1.54, 1.807) is 18.2 Å². The van der Waals surface area contributed by atoms with Crippen LogP contribution in [0.2, 0.25) is 0 Å². The number of alkyl halides is 1. The Morgan fingerprint density at radius 3 is 3.00 bits per heavy atom. The second-order valence-electron chi connectivity index (χ2n) is 2.42. The van der Waals surface area contributed by atoms with Crippen LogP contribution in [0.25, 0.3) is 0 Å². The molecule has 0 unspecified atom stereocenters. The number of halogens is 1. The highest BCUT2D eigenvalue weighted by molar-refractivity contribution is 6.17. The van der Waals surface area contributed by atoms with Gasteiger partial charge >= 0.3 is 6.09 Å². The van der Waals surface area contributed by atoms with Crippen molar-refractivity contribution in [3.05, 3.63) is 29.8 Å². The first kappa shape index (κ1) is 9.86. The molecule has 1 N–H and O–H groups in total. The van der Waals surface area contributed by atoms with E-state index in [1.165, 1.54) is 7.05 Å². The van der Waals surface area contributed by atoms with Crippen LogP contribution in [-0.2, 0) is 5.88 Å². The molecule has 0 aliphatic heterocycles. The Labute approximate surface area is 81.7 Å². The third-order valence-corrected chi connectivity index (χ3v) is 1.78. The van der Waals surface area contributed by atoms with Crippen LogP contribution >= 0.6 is 11.6 Å². The van der Waals surface area contributed by atoms with E-state index < -0.39 is 6.09 Å². The number of hydrogen-bond donors (Lipinski definition) is 1. The molecule has 0 heterocycles. The highest BCUT2D eigenvalue weighted by atomic mass is 35.5. The molecule has 0 aromatic heterocycles. The SMILES string of the molecule is CNC(=O)Oc1cccc(CCl)c1. The van der Waals surface area contributed by atoms with Gasteiger partial charge < -0.3 is 10.1 Å². The van der Waals surface area contributed by atoms with Gasteiger partial charge in [-0.05, 0) is 17.7 Å². The quantitative estimate of drug-likeness (QED) is 0.742. The molecule has 0 spiro atoms. The summed E-state index contributed by atoms with van der Waals surface area (Å²) in [5.41, 5.74) is 0.920. The van der Waals surface area contributed by atoms with E-state index in [1.807, 2.05) is 6.07 Å². The number of hydrogen-bond acceptors (Lipinski definition) is 2. The first-order chi connectivity index (χ1) is 6.26. The molecule has 0 fully saturated rings. The molecule has 0 saturated heterocycles. The maximum Gasteiger partial charge on any atom is 0.412 e. The largest absolute Gasteiger partial charge is 0.412 e. The summed E-state index contributed by atoms with van der Waals surface area (Å²) in [5.74, 6) is 0.905. The molecule has 0 saturated carbocycles. The average Bonchev–Trinajstić information content (AvgIpc) is 2.18. The van der Waals surface area contributed by atoms with E-state index in [9.17, 15) is 4.79 Å². The van der Waals surface area contributed by atoms with Crippen LogP contribution in [0.5, 0.6) is 5.75 Å². The van der Waals surface area contributed by atoms with Crippen molar-refractivity contribution >= 4 is 17.7 Å². The molecule has 0 atom stereocenters. The Kier molecular flexibility index (Phi) is 3.58. The van der Waals surface area contributed by atoms with E-state index in [-0.39, 0.29) is 0 Å². The monoisotopic (exact) mass is 199 g/mol. The summed E-state index contributed by atoms with van der Waals surface area (Å²) >= 11 is 5.61.